The van der Waals surface area contributed by atoms with Crippen molar-refractivity contribution in [2.75, 3.05) is 11.8 Å². The normalized spacial score (nSPS) is 10.1. The Kier molecular flexibility index (Phi) is 34.0. The van der Waals surface area contributed by atoms with Crippen molar-refractivity contribution in [3.8, 4) is 22.3 Å². The first-order chi connectivity index (χ1) is 27.3. The average Bonchev–Trinajstić information content (AvgIpc) is 4.09. The van der Waals surface area contributed by atoms with E-state index in [2.05, 4.69) is 0 Å². The molecule has 0 bridgehead atoms. The molecule has 0 aliphatic heterocycles. The molecule has 8 aromatic rings. The fourth-order valence-electron chi connectivity index (χ4n) is 4.33. The van der Waals surface area contributed by atoms with Crippen molar-refractivity contribution in [2.45, 2.75) is 19.6 Å². The smallest absolute Gasteiger partial charge is 0.779 e. The zero-order valence-corrected chi connectivity index (χ0v) is 39.1. The van der Waals surface area contributed by atoms with Crippen LogP contribution < -0.4 is 0 Å². The zero-order valence-electron chi connectivity index (χ0n) is 31.2. The first-order valence-electron chi connectivity index (χ1n) is 17.0. The summed E-state index contributed by atoms with van der Waals surface area (Å²) in [7, 11) is 0. The van der Waals surface area contributed by atoms with Gasteiger partial charge in [-0.3, -0.25) is 8.42 Å². The molecule has 2 unspecified atom stereocenters. The molecule has 0 radical (unpaired) electrons. The van der Waals surface area contributed by atoms with Crippen LogP contribution in [0.2, 0.25) is 0 Å². The molecular weight excluding hydrogens is 911 g/mol. The number of halogens is 2. The van der Waals surface area contributed by atoms with E-state index in [4.69, 9.17) is 48.5 Å². The second kappa shape index (κ2) is 35.9. The SMILES string of the molecule is ClCCCl.O=S([O-])c1ccccc1-c1ccccc1[S-].O=S([O-])c1ccccc1-c1ccccc1[S-].[Ti+4].[Ti+4].c1cc[cH-]c1.c1cc[cH-]c1.c1cc[cH-]c1.c1cc[cH-]c1. The molecule has 8 rings (SSSR count). The molecule has 2 atom stereocenters. The molecule has 58 heavy (non-hydrogen) atoms. The maximum absolute atomic E-state index is 11.1. The molecular formula is C46H40Cl2O4S4Ti2. The fraction of sp³-hybridized carbons (Fsp3) is 0.0435. The van der Waals surface area contributed by atoms with Crippen molar-refractivity contribution in [3.63, 3.8) is 0 Å². The molecule has 294 valence electrons. The maximum Gasteiger partial charge on any atom is 4.00 e. The third kappa shape index (κ3) is 23.5. The molecule has 8 aromatic carbocycles. The van der Waals surface area contributed by atoms with Crippen LogP contribution in [0.5, 0.6) is 0 Å². The Morgan fingerprint density at radius 3 is 0.810 bits per heavy atom. The van der Waals surface area contributed by atoms with E-state index in [1.807, 2.05) is 158 Å². The molecule has 0 heterocycles. The van der Waals surface area contributed by atoms with Crippen LogP contribution in [-0.4, -0.2) is 29.3 Å². The van der Waals surface area contributed by atoms with Gasteiger partial charge in [0.25, 0.3) is 0 Å². The molecule has 0 aromatic heterocycles. The summed E-state index contributed by atoms with van der Waals surface area (Å²) in [5.74, 6) is 1.11. The Balaban J connectivity index is 0.000000708. The average molecular weight is 952 g/mol. The summed E-state index contributed by atoms with van der Waals surface area (Å²) in [4.78, 5) is 1.86. The van der Waals surface area contributed by atoms with E-state index in [-0.39, 0.29) is 53.2 Å². The Hall–Kier alpha value is -3.05. The quantitative estimate of drug-likeness (QED) is 0.0562. The van der Waals surface area contributed by atoms with Crippen LogP contribution in [-0.2, 0) is 90.9 Å². The third-order valence-electron chi connectivity index (χ3n) is 6.78. The molecule has 4 nitrogen and oxygen atoms in total. The fourth-order valence-corrected chi connectivity index (χ4v) is 5.94. The molecule has 0 aliphatic rings. The van der Waals surface area contributed by atoms with E-state index in [1.54, 1.807) is 60.7 Å². The van der Waals surface area contributed by atoms with Crippen molar-refractivity contribution in [1.29, 1.82) is 0 Å². The molecule has 0 saturated carbocycles. The summed E-state index contributed by atoms with van der Waals surface area (Å²) >= 11 is 16.0. The van der Waals surface area contributed by atoms with Gasteiger partial charge in [-0.1, -0.05) is 84.9 Å². The maximum atomic E-state index is 11.1. The molecule has 0 aliphatic carbocycles. The zero-order chi connectivity index (χ0) is 40.6. The Bertz CT molecular complexity index is 1850. The Morgan fingerprint density at radius 2 is 0.621 bits per heavy atom. The minimum atomic E-state index is -2.25. The van der Waals surface area contributed by atoms with Crippen LogP contribution in [0.3, 0.4) is 0 Å². The molecule has 0 amide bonds. The van der Waals surface area contributed by atoms with E-state index in [0.29, 0.717) is 32.7 Å². The number of hydrogen-bond acceptors (Lipinski definition) is 6. The van der Waals surface area contributed by atoms with E-state index in [9.17, 15) is 17.5 Å². The molecule has 0 N–H and O–H groups in total. The van der Waals surface area contributed by atoms with Crippen molar-refractivity contribution in [1.82, 2.24) is 0 Å². The minimum absolute atomic E-state index is 0. The van der Waals surface area contributed by atoms with Crippen LogP contribution in [0.1, 0.15) is 0 Å². The largest absolute Gasteiger partial charge is 4.00 e. The van der Waals surface area contributed by atoms with Crippen molar-refractivity contribution >= 4 is 70.6 Å². The Morgan fingerprint density at radius 1 is 0.397 bits per heavy atom. The van der Waals surface area contributed by atoms with Gasteiger partial charge >= 0.3 is 43.4 Å². The number of alkyl halides is 2. The number of rotatable bonds is 5. The van der Waals surface area contributed by atoms with Gasteiger partial charge in [-0.15, -0.1) is 23.2 Å². The minimum Gasteiger partial charge on any atom is -0.779 e. The van der Waals surface area contributed by atoms with Crippen molar-refractivity contribution in [3.05, 3.63) is 218 Å². The van der Waals surface area contributed by atoms with Gasteiger partial charge in [0.15, 0.2) is 0 Å². The van der Waals surface area contributed by atoms with E-state index < -0.39 is 22.2 Å². The number of benzene rings is 4. The number of hydrogen-bond donors (Lipinski definition) is 0. The van der Waals surface area contributed by atoms with Crippen LogP contribution in [0, 0.1) is 0 Å². The van der Waals surface area contributed by atoms with Crippen molar-refractivity contribution < 1.29 is 61.0 Å². The molecule has 12 heteroatoms. The van der Waals surface area contributed by atoms with Crippen molar-refractivity contribution in [2.24, 2.45) is 0 Å². The third-order valence-corrected chi connectivity index (χ3v) is 9.50. The molecule has 0 saturated heterocycles. The monoisotopic (exact) mass is 950 g/mol. The summed E-state index contributed by atoms with van der Waals surface area (Å²) < 4.78 is 44.3. The van der Waals surface area contributed by atoms with E-state index in [0.717, 1.165) is 11.1 Å². The molecule has 0 spiro atoms. The second-order valence-electron chi connectivity index (χ2n) is 10.7. The van der Waals surface area contributed by atoms with Crippen LogP contribution >= 0.6 is 23.2 Å². The van der Waals surface area contributed by atoms with Gasteiger partial charge in [-0.25, -0.2) is 48.5 Å². The van der Waals surface area contributed by atoms with Gasteiger partial charge < -0.3 is 34.4 Å². The van der Waals surface area contributed by atoms with Gasteiger partial charge in [-0.2, -0.15) is 82.6 Å². The molecule has 0 fully saturated rings. The topological polar surface area (TPSA) is 80.3 Å². The van der Waals surface area contributed by atoms with Crippen LogP contribution in [0.4, 0.5) is 0 Å². The summed E-state index contributed by atoms with van der Waals surface area (Å²) in [5, 5.41) is 0. The van der Waals surface area contributed by atoms with Gasteiger partial charge in [0.1, 0.15) is 0 Å². The first-order valence-corrected chi connectivity index (χ1v) is 21.0. The standard InChI is InChI=1S/2C12H10O2S2.4C5H5.C2H4Cl2.2Ti/c2*13-16(14)12-8-4-2-6-10(12)9-5-1-3-7-11(9)15;4*1-2-4-5-3-1;3-1-2-4;;/h2*1-8,15H,(H,13,14);4*1-5H;1-2H2;;/q;;4*-1;;2*+4/p-4. The van der Waals surface area contributed by atoms with E-state index >= 15 is 0 Å². The van der Waals surface area contributed by atoms with Crippen LogP contribution in [0.15, 0.2) is 238 Å². The summed E-state index contributed by atoms with van der Waals surface area (Å²) in [5.41, 5.74) is 2.86. The second-order valence-corrected chi connectivity index (χ2v) is 14.1. The van der Waals surface area contributed by atoms with Gasteiger partial charge in [-0.05, 0) is 56.5 Å². The van der Waals surface area contributed by atoms with Gasteiger partial charge in [0, 0.05) is 21.6 Å². The van der Waals surface area contributed by atoms with Crippen LogP contribution in [0.25, 0.3) is 22.3 Å². The van der Waals surface area contributed by atoms with Gasteiger partial charge in [0.05, 0.1) is 0 Å². The summed E-state index contributed by atoms with van der Waals surface area (Å²) in [6, 6.07) is 68.2. The summed E-state index contributed by atoms with van der Waals surface area (Å²) in [6.45, 7) is 0. The predicted molar refractivity (Wildman–Crippen MR) is 239 cm³/mol. The predicted octanol–water partition coefficient (Wildman–Crippen LogP) is 12.1. The van der Waals surface area contributed by atoms with Gasteiger partial charge in [0.2, 0.25) is 0 Å². The first kappa shape index (κ1) is 54.9. The summed E-state index contributed by atoms with van der Waals surface area (Å²) in [6.07, 6.45) is 0. The Labute approximate surface area is 399 Å². The van der Waals surface area contributed by atoms with E-state index in [1.165, 1.54) is 0 Å².